The van der Waals surface area contributed by atoms with Gasteiger partial charge in [0.2, 0.25) is 5.91 Å². The first kappa shape index (κ1) is 14.9. The predicted octanol–water partition coefficient (Wildman–Crippen LogP) is 1.83. The summed E-state index contributed by atoms with van der Waals surface area (Å²) in [5.74, 6) is 1.22. The van der Waals surface area contributed by atoms with Crippen molar-refractivity contribution in [1.29, 1.82) is 0 Å². The lowest BCUT2D eigenvalue weighted by Crippen LogP contribution is -2.42. The van der Waals surface area contributed by atoms with Crippen molar-refractivity contribution in [3.63, 3.8) is 0 Å². The summed E-state index contributed by atoms with van der Waals surface area (Å²) in [5.41, 5.74) is 1.18. The van der Waals surface area contributed by atoms with Crippen molar-refractivity contribution in [1.82, 2.24) is 10.2 Å². The molecule has 0 bridgehead atoms. The molecular formula is C16H24N2O2. The summed E-state index contributed by atoms with van der Waals surface area (Å²) in [5, 5.41) is 3.28. The summed E-state index contributed by atoms with van der Waals surface area (Å²) in [6.07, 6.45) is 2.08. The highest BCUT2D eigenvalue weighted by atomic mass is 16.5. The van der Waals surface area contributed by atoms with E-state index in [9.17, 15) is 4.79 Å². The summed E-state index contributed by atoms with van der Waals surface area (Å²) >= 11 is 0. The topological polar surface area (TPSA) is 41.6 Å². The van der Waals surface area contributed by atoms with Gasteiger partial charge in [-0.2, -0.15) is 0 Å². The van der Waals surface area contributed by atoms with E-state index >= 15 is 0 Å². The van der Waals surface area contributed by atoms with Gasteiger partial charge in [-0.3, -0.25) is 4.79 Å². The van der Waals surface area contributed by atoms with E-state index in [0.29, 0.717) is 13.2 Å². The Kier molecular flexibility index (Phi) is 5.41. The Balaban J connectivity index is 1.74. The van der Waals surface area contributed by atoms with Gasteiger partial charge in [0.1, 0.15) is 12.4 Å². The average molecular weight is 276 g/mol. The molecule has 1 heterocycles. The minimum Gasteiger partial charge on any atom is -0.492 e. The van der Waals surface area contributed by atoms with Gasteiger partial charge in [-0.15, -0.1) is 0 Å². The second kappa shape index (κ2) is 7.29. The van der Waals surface area contributed by atoms with Gasteiger partial charge in [-0.1, -0.05) is 12.1 Å². The minimum atomic E-state index is 0.132. The minimum absolute atomic E-state index is 0.132. The maximum absolute atomic E-state index is 12.2. The van der Waals surface area contributed by atoms with E-state index in [0.717, 1.165) is 31.7 Å². The molecule has 1 N–H and O–H groups in total. The van der Waals surface area contributed by atoms with Crippen LogP contribution in [0, 0.1) is 12.8 Å². The standard InChI is InChI=1S/C16H24N2O2/c1-13-5-3-7-15(11-13)20-10-9-18(2)16(19)14-6-4-8-17-12-14/h3,5,7,11,14,17H,4,6,8-10,12H2,1-2H3. The number of hydrogen-bond donors (Lipinski definition) is 1. The first-order chi connectivity index (χ1) is 9.66. The van der Waals surface area contributed by atoms with Crippen molar-refractivity contribution in [3.05, 3.63) is 29.8 Å². The molecule has 0 saturated carbocycles. The second-order valence-corrected chi connectivity index (χ2v) is 5.47. The number of aryl methyl sites for hydroxylation is 1. The summed E-state index contributed by atoms with van der Waals surface area (Å²) in [4.78, 5) is 14.0. The highest BCUT2D eigenvalue weighted by molar-refractivity contribution is 5.78. The molecule has 20 heavy (non-hydrogen) atoms. The van der Waals surface area contributed by atoms with Crippen LogP contribution in [0.4, 0.5) is 0 Å². The molecule has 4 heteroatoms. The number of ether oxygens (including phenoxy) is 1. The third kappa shape index (κ3) is 4.23. The van der Waals surface area contributed by atoms with Crippen molar-refractivity contribution < 1.29 is 9.53 Å². The molecular weight excluding hydrogens is 252 g/mol. The zero-order valence-corrected chi connectivity index (χ0v) is 12.4. The van der Waals surface area contributed by atoms with Gasteiger partial charge in [0.25, 0.3) is 0 Å². The number of benzene rings is 1. The van der Waals surface area contributed by atoms with Gasteiger partial charge in [0.05, 0.1) is 12.5 Å². The average Bonchev–Trinajstić information content (AvgIpc) is 2.47. The van der Waals surface area contributed by atoms with E-state index in [-0.39, 0.29) is 11.8 Å². The van der Waals surface area contributed by atoms with Crippen molar-refractivity contribution >= 4 is 5.91 Å². The SMILES string of the molecule is Cc1cccc(OCCN(C)C(=O)C2CCCNC2)c1. The van der Waals surface area contributed by atoms with E-state index in [1.165, 1.54) is 5.56 Å². The molecule has 4 nitrogen and oxygen atoms in total. The van der Waals surface area contributed by atoms with Gasteiger partial charge in [-0.05, 0) is 44.0 Å². The molecule has 1 fully saturated rings. The molecule has 1 unspecified atom stereocenters. The third-order valence-corrected chi connectivity index (χ3v) is 3.71. The summed E-state index contributed by atoms with van der Waals surface area (Å²) in [6, 6.07) is 7.97. The molecule has 0 radical (unpaired) electrons. The summed E-state index contributed by atoms with van der Waals surface area (Å²) < 4.78 is 5.69. The van der Waals surface area contributed by atoms with Crippen LogP contribution in [-0.4, -0.2) is 44.1 Å². The maximum atomic E-state index is 12.2. The number of amides is 1. The second-order valence-electron chi connectivity index (χ2n) is 5.47. The summed E-state index contributed by atoms with van der Waals surface area (Å²) in [7, 11) is 1.86. The quantitative estimate of drug-likeness (QED) is 0.892. The Morgan fingerprint density at radius 2 is 2.35 bits per heavy atom. The molecule has 0 aromatic heterocycles. The highest BCUT2D eigenvalue weighted by Crippen LogP contribution is 2.14. The predicted molar refractivity (Wildman–Crippen MR) is 79.9 cm³/mol. The van der Waals surface area contributed by atoms with Crippen LogP contribution in [-0.2, 0) is 4.79 Å². The third-order valence-electron chi connectivity index (χ3n) is 3.71. The lowest BCUT2D eigenvalue weighted by atomic mass is 9.98. The first-order valence-corrected chi connectivity index (χ1v) is 7.32. The molecule has 1 aromatic carbocycles. The van der Waals surface area contributed by atoms with Crippen LogP contribution in [0.15, 0.2) is 24.3 Å². The van der Waals surface area contributed by atoms with Crippen LogP contribution >= 0.6 is 0 Å². The smallest absolute Gasteiger partial charge is 0.226 e. The monoisotopic (exact) mass is 276 g/mol. The fourth-order valence-corrected chi connectivity index (χ4v) is 2.49. The zero-order valence-electron chi connectivity index (χ0n) is 12.4. The molecule has 1 saturated heterocycles. The van der Waals surface area contributed by atoms with E-state index < -0.39 is 0 Å². The van der Waals surface area contributed by atoms with Crippen LogP contribution in [0.25, 0.3) is 0 Å². The number of rotatable bonds is 5. The molecule has 1 aliphatic heterocycles. The van der Waals surface area contributed by atoms with Gasteiger partial charge >= 0.3 is 0 Å². The van der Waals surface area contributed by atoms with Crippen molar-refractivity contribution in [2.24, 2.45) is 5.92 Å². The fourth-order valence-electron chi connectivity index (χ4n) is 2.49. The molecule has 1 amide bonds. The molecule has 2 rings (SSSR count). The first-order valence-electron chi connectivity index (χ1n) is 7.32. The zero-order chi connectivity index (χ0) is 14.4. The summed E-state index contributed by atoms with van der Waals surface area (Å²) in [6.45, 7) is 5.04. The number of carbonyl (C=O) groups excluding carboxylic acids is 1. The fraction of sp³-hybridized carbons (Fsp3) is 0.562. The van der Waals surface area contributed by atoms with E-state index in [4.69, 9.17) is 4.74 Å². The number of nitrogens with zero attached hydrogens (tertiary/aromatic N) is 1. The Morgan fingerprint density at radius 1 is 1.50 bits per heavy atom. The Labute approximate surface area is 121 Å². The van der Waals surface area contributed by atoms with E-state index in [2.05, 4.69) is 5.32 Å². The van der Waals surface area contributed by atoms with Crippen LogP contribution < -0.4 is 10.1 Å². The number of hydrogen-bond acceptors (Lipinski definition) is 3. The van der Waals surface area contributed by atoms with Crippen molar-refractivity contribution in [2.45, 2.75) is 19.8 Å². The molecule has 110 valence electrons. The van der Waals surface area contributed by atoms with E-state index in [1.54, 1.807) is 4.90 Å². The normalized spacial score (nSPS) is 18.6. The molecule has 1 aliphatic rings. The van der Waals surface area contributed by atoms with E-state index in [1.807, 2.05) is 38.2 Å². The van der Waals surface area contributed by atoms with Gasteiger partial charge < -0.3 is 15.0 Å². The number of likely N-dealkylation sites (N-methyl/N-ethyl adjacent to an activating group) is 1. The highest BCUT2D eigenvalue weighted by Gasteiger charge is 2.23. The van der Waals surface area contributed by atoms with Crippen molar-refractivity contribution in [3.8, 4) is 5.75 Å². The van der Waals surface area contributed by atoms with Gasteiger partial charge in [0.15, 0.2) is 0 Å². The molecule has 1 atom stereocenters. The Morgan fingerprint density at radius 3 is 3.05 bits per heavy atom. The lowest BCUT2D eigenvalue weighted by molar-refractivity contribution is -0.135. The molecule has 1 aromatic rings. The molecule has 0 spiro atoms. The largest absolute Gasteiger partial charge is 0.492 e. The van der Waals surface area contributed by atoms with Crippen LogP contribution in [0.1, 0.15) is 18.4 Å². The lowest BCUT2D eigenvalue weighted by Gasteiger charge is -2.27. The van der Waals surface area contributed by atoms with Crippen molar-refractivity contribution in [2.75, 3.05) is 33.3 Å². The molecule has 0 aliphatic carbocycles. The van der Waals surface area contributed by atoms with Crippen LogP contribution in [0.5, 0.6) is 5.75 Å². The maximum Gasteiger partial charge on any atom is 0.226 e. The number of carbonyl (C=O) groups is 1. The Hall–Kier alpha value is -1.55. The van der Waals surface area contributed by atoms with Crippen LogP contribution in [0.3, 0.4) is 0 Å². The van der Waals surface area contributed by atoms with Crippen LogP contribution in [0.2, 0.25) is 0 Å². The number of piperidine rings is 1. The van der Waals surface area contributed by atoms with Gasteiger partial charge in [0, 0.05) is 13.6 Å². The number of nitrogens with one attached hydrogen (secondary N) is 1. The Bertz CT molecular complexity index is 442. The van der Waals surface area contributed by atoms with Gasteiger partial charge in [-0.25, -0.2) is 0 Å².